The molecule has 1 atom stereocenters. The summed E-state index contributed by atoms with van der Waals surface area (Å²) in [6, 6.07) is 0. The summed E-state index contributed by atoms with van der Waals surface area (Å²) in [7, 11) is 4.03. The van der Waals surface area contributed by atoms with Crippen LogP contribution in [0.3, 0.4) is 0 Å². The van der Waals surface area contributed by atoms with Gasteiger partial charge in [-0.05, 0) is 33.5 Å². The SMILES string of the molecule is CCCCN1C[C@H](C(=O)NCCCN(C)C)CC1=O. The maximum Gasteiger partial charge on any atom is 0.225 e. The van der Waals surface area contributed by atoms with Gasteiger partial charge in [-0.1, -0.05) is 13.3 Å². The summed E-state index contributed by atoms with van der Waals surface area (Å²) in [6.45, 7) is 5.15. The van der Waals surface area contributed by atoms with Crippen LogP contribution in [0.15, 0.2) is 0 Å². The van der Waals surface area contributed by atoms with E-state index >= 15 is 0 Å². The zero-order valence-corrected chi connectivity index (χ0v) is 12.4. The topological polar surface area (TPSA) is 52.7 Å². The van der Waals surface area contributed by atoms with Gasteiger partial charge in [0.1, 0.15) is 0 Å². The minimum Gasteiger partial charge on any atom is -0.356 e. The summed E-state index contributed by atoms with van der Waals surface area (Å²) >= 11 is 0. The van der Waals surface area contributed by atoms with Crippen LogP contribution in [-0.4, -0.2) is 61.9 Å². The third kappa shape index (κ3) is 5.59. The Kier molecular flexibility index (Phi) is 6.84. The van der Waals surface area contributed by atoms with Gasteiger partial charge >= 0.3 is 0 Å². The lowest BCUT2D eigenvalue weighted by molar-refractivity contribution is -0.129. The number of hydrogen-bond acceptors (Lipinski definition) is 3. The Morgan fingerprint density at radius 2 is 2.16 bits per heavy atom. The van der Waals surface area contributed by atoms with Crippen molar-refractivity contribution in [2.75, 3.05) is 40.3 Å². The number of unbranched alkanes of at least 4 members (excludes halogenated alkanes) is 1. The van der Waals surface area contributed by atoms with Gasteiger partial charge in [0.25, 0.3) is 0 Å². The van der Waals surface area contributed by atoms with Gasteiger partial charge in [0.05, 0.1) is 5.92 Å². The first-order valence-corrected chi connectivity index (χ1v) is 7.24. The van der Waals surface area contributed by atoms with Gasteiger partial charge in [-0.25, -0.2) is 0 Å². The molecule has 0 aromatic carbocycles. The lowest BCUT2D eigenvalue weighted by atomic mass is 10.1. The van der Waals surface area contributed by atoms with Gasteiger partial charge in [0.15, 0.2) is 0 Å². The molecule has 0 aliphatic carbocycles. The van der Waals surface area contributed by atoms with E-state index in [0.29, 0.717) is 19.5 Å². The number of likely N-dealkylation sites (tertiary alicyclic amines) is 1. The molecule has 1 saturated heterocycles. The Balaban J connectivity index is 2.25. The zero-order valence-electron chi connectivity index (χ0n) is 12.4. The van der Waals surface area contributed by atoms with E-state index in [0.717, 1.165) is 32.4 Å². The molecule has 0 radical (unpaired) electrons. The second kappa shape index (κ2) is 8.15. The van der Waals surface area contributed by atoms with E-state index < -0.39 is 0 Å². The highest BCUT2D eigenvalue weighted by Crippen LogP contribution is 2.18. The molecule has 1 heterocycles. The second-order valence-electron chi connectivity index (χ2n) is 5.54. The maximum absolute atomic E-state index is 12.0. The minimum atomic E-state index is -0.149. The first-order valence-electron chi connectivity index (χ1n) is 7.24. The van der Waals surface area contributed by atoms with E-state index in [1.807, 2.05) is 19.0 Å². The van der Waals surface area contributed by atoms with E-state index in [2.05, 4.69) is 17.1 Å². The fourth-order valence-electron chi connectivity index (χ4n) is 2.26. The van der Waals surface area contributed by atoms with Gasteiger partial charge < -0.3 is 15.1 Å². The molecule has 0 bridgehead atoms. The van der Waals surface area contributed by atoms with Crippen LogP contribution < -0.4 is 5.32 Å². The quantitative estimate of drug-likeness (QED) is 0.660. The fourth-order valence-corrected chi connectivity index (χ4v) is 2.26. The summed E-state index contributed by atoms with van der Waals surface area (Å²) < 4.78 is 0. The molecule has 0 aromatic heterocycles. The van der Waals surface area contributed by atoms with Crippen molar-refractivity contribution >= 4 is 11.8 Å². The molecule has 0 unspecified atom stereocenters. The molecule has 1 N–H and O–H groups in total. The normalized spacial score (nSPS) is 19.3. The summed E-state index contributed by atoms with van der Waals surface area (Å²) in [6.07, 6.45) is 3.41. The predicted octanol–water partition coefficient (Wildman–Crippen LogP) is 0.703. The van der Waals surface area contributed by atoms with Crippen LogP contribution in [0.25, 0.3) is 0 Å². The van der Waals surface area contributed by atoms with Crippen molar-refractivity contribution in [2.45, 2.75) is 32.6 Å². The highest BCUT2D eigenvalue weighted by atomic mass is 16.2. The average molecular weight is 269 g/mol. The third-order valence-corrected chi connectivity index (χ3v) is 3.45. The molecular weight excluding hydrogens is 242 g/mol. The molecule has 5 nitrogen and oxygen atoms in total. The average Bonchev–Trinajstić information content (AvgIpc) is 2.73. The van der Waals surface area contributed by atoms with Crippen molar-refractivity contribution in [3.05, 3.63) is 0 Å². The number of nitrogens with zero attached hydrogens (tertiary/aromatic N) is 2. The molecule has 0 spiro atoms. The molecule has 1 aliphatic rings. The van der Waals surface area contributed by atoms with Gasteiger partial charge in [0, 0.05) is 26.1 Å². The molecule has 1 aliphatic heterocycles. The Hall–Kier alpha value is -1.10. The predicted molar refractivity (Wildman–Crippen MR) is 75.8 cm³/mol. The zero-order chi connectivity index (χ0) is 14.3. The van der Waals surface area contributed by atoms with Crippen LogP contribution in [0.2, 0.25) is 0 Å². The van der Waals surface area contributed by atoms with E-state index in [9.17, 15) is 9.59 Å². The van der Waals surface area contributed by atoms with Crippen molar-refractivity contribution in [1.29, 1.82) is 0 Å². The van der Waals surface area contributed by atoms with Crippen LogP contribution in [0.1, 0.15) is 32.6 Å². The summed E-state index contributed by atoms with van der Waals surface area (Å²) in [5.74, 6) is 0.0108. The highest BCUT2D eigenvalue weighted by molar-refractivity contribution is 5.89. The molecule has 5 heteroatoms. The largest absolute Gasteiger partial charge is 0.356 e. The monoisotopic (exact) mass is 269 g/mol. The van der Waals surface area contributed by atoms with Gasteiger partial charge in [0.2, 0.25) is 11.8 Å². The first kappa shape index (κ1) is 16.0. The molecule has 0 saturated carbocycles. The smallest absolute Gasteiger partial charge is 0.225 e. The van der Waals surface area contributed by atoms with E-state index in [1.54, 1.807) is 0 Å². The lowest BCUT2D eigenvalue weighted by Gasteiger charge is -2.16. The number of amides is 2. The van der Waals surface area contributed by atoms with Crippen LogP contribution in [0.4, 0.5) is 0 Å². The number of carbonyl (C=O) groups is 2. The molecule has 1 rings (SSSR count). The molecular formula is C14H27N3O2. The number of rotatable bonds is 8. The van der Waals surface area contributed by atoms with Crippen molar-refractivity contribution in [3.8, 4) is 0 Å². The maximum atomic E-state index is 12.0. The molecule has 0 aromatic rings. The fraction of sp³-hybridized carbons (Fsp3) is 0.857. The van der Waals surface area contributed by atoms with E-state index in [4.69, 9.17) is 0 Å². The number of nitrogens with one attached hydrogen (secondary N) is 1. The Bertz CT molecular complexity index is 305. The van der Waals surface area contributed by atoms with Gasteiger partial charge in [-0.15, -0.1) is 0 Å². The Morgan fingerprint density at radius 3 is 2.79 bits per heavy atom. The van der Waals surface area contributed by atoms with E-state index in [1.165, 1.54) is 0 Å². The minimum absolute atomic E-state index is 0.0334. The molecule has 19 heavy (non-hydrogen) atoms. The van der Waals surface area contributed by atoms with Crippen LogP contribution in [0, 0.1) is 5.92 Å². The Morgan fingerprint density at radius 1 is 1.42 bits per heavy atom. The van der Waals surface area contributed by atoms with Crippen LogP contribution >= 0.6 is 0 Å². The lowest BCUT2D eigenvalue weighted by Crippen LogP contribution is -2.34. The summed E-state index contributed by atoms with van der Waals surface area (Å²) in [4.78, 5) is 27.6. The van der Waals surface area contributed by atoms with Gasteiger partial charge in [-0.3, -0.25) is 9.59 Å². The highest BCUT2D eigenvalue weighted by Gasteiger charge is 2.33. The van der Waals surface area contributed by atoms with Gasteiger partial charge in [-0.2, -0.15) is 0 Å². The summed E-state index contributed by atoms with van der Waals surface area (Å²) in [5.41, 5.74) is 0. The molecule has 1 fully saturated rings. The molecule has 2 amide bonds. The number of hydrogen-bond donors (Lipinski definition) is 1. The van der Waals surface area contributed by atoms with E-state index in [-0.39, 0.29) is 17.7 Å². The number of carbonyl (C=O) groups excluding carboxylic acids is 2. The van der Waals surface area contributed by atoms with Crippen molar-refractivity contribution in [3.63, 3.8) is 0 Å². The van der Waals surface area contributed by atoms with Crippen molar-refractivity contribution in [2.24, 2.45) is 5.92 Å². The standard InChI is InChI=1S/C14H27N3O2/c1-4-5-9-17-11-12(10-13(17)18)14(19)15-7-6-8-16(2)3/h12H,4-11H2,1-3H3,(H,15,19)/t12-/m1/s1. The third-order valence-electron chi connectivity index (χ3n) is 3.45. The van der Waals surface area contributed by atoms with Crippen molar-refractivity contribution in [1.82, 2.24) is 15.1 Å². The van der Waals surface area contributed by atoms with Crippen molar-refractivity contribution < 1.29 is 9.59 Å². The Labute approximate surface area is 116 Å². The summed E-state index contributed by atoms with van der Waals surface area (Å²) in [5, 5.41) is 2.93. The molecule has 110 valence electrons. The van der Waals surface area contributed by atoms with Crippen LogP contribution in [-0.2, 0) is 9.59 Å². The van der Waals surface area contributed by atoms with Crippen LogP contribution in [0.5, 0.6) is 0 Å². The first-order chi connectivity index (χ1) is 9.04. The second-order valence-corrected chi connectivity index (χ2v) is 5.54.